The van der Waals surface area contributed by atoms with Crippen molar-refractivity contribution in [1.82, 2.24) is 5.48 Å². The van der Waals surface area contributed by atoms with Crippen molar-refractivity contribution in [2.75, 3.05) is 6.61 Å². The molecule has 0 saturated heterocycles. The Bertz CT molecular complexity index is 407. The van der Waals surface area contributed by atoms with Gasteiger partial charge in [0.05, 0.1) is 6.42 Å². The topological polar surface area (TPSA) is 107 Å². The third-order valence-corrected chi connectivity index (χ3v) is 2.09. The lowest BCUT2D eigenvalue weighted by atomic mass is 10.0. The van der Waals surface area contributed by atoms with E-state index in [1.165, 1.54) is 0 Å². The number of hydroxylamine groups is 1. The van der Waals surface area contributed by atoms with Crippen LogP contribution >= 0.6 is 0 Å². The first kappa shape index (κ1) is 13.1. The summed E-state index contributed by atoms with van der Waals surface area (Å²) in [7, 11) is 0. The van der Waals surface area contributed by atoms with Gasteiger partial charge < -0.3 is 11.5 Å². The molecule has 17 heavy (non-hydrogen) atoms. The van der Waals surface area contributed by atoms with Crippen LogP contribution < -0.4 is 16.9 Å². The summed E-state index contributed by atoms with van der Waals surface area (Å²) < 4.78 is 0. The van der Waals surface area contributed by atoms with Crippen molar-refractivity contribution in [1.29, 1.82) is 0 Å². The van der Waals surface area contributed by atoms with Gasteiger partial charge in [-0.3, -0.25) is 14.4 Å². The summed E-state index contributed by atoms with van der Waals surface area (Å²) in [4.78, 5) is 26.4. The Balaban J connectivity index is 2.47. The number of hydrogen-bond donors (Lipinski definition) is 3. The van der Waals surface area contributed by atoms with Crippen molar-refractivity contribution < 1.29 is 14.4 Å². The van der Waals surface area contributed by atoms with Crippen LogP contribution in [0.3, 0.4) is 0 Å². The Kier molecular flexibility index (Phi) is 5.12. The molecule has 6 heteroatoms. The average Bonchev–Trinajstić information content (AvgIpc) is 2.29. The molecule has 0 saturated carbocycles. The van der Waals surface area contributed by atoms with Gasteiger partial charge in [0.15, 0.2) is 6.61 Å². The summed E-state index contributed by atoms with van der Waals surface area (Å²) in [6, 6.07) is 7.35. The van der Waals surface area contributed by atoms with Crippen LogP contribution in [0, 0.1) is 0 Å². The fourth-order valence-corrected chi connectivity index (χ4v) is 1.33. The zero-order valence-electron chi connectivity index (χ0n) is 9.31. The van der Waals surface area contributed by atoms with E-state index in [2.05, 4.69) is 10.3 Å². The van der Waals surface area contributed by atoms with Crippen molar-refractivity contribution in [2.45, 2.75) is 13.0 Å². The standard InChI is InChI=1S/C11H15N3O3/c12-6-9-4-2-1-3-8(9)5-11(16)14-17-7-10(13)15/h1-4H,5-7,12H2,(H2,13,15)(H,14,16). The maximum atomic E-state index is 11.4. The molecule has 0 heterocycles. The van der Waals surface area contributed by atoms with E-state index in [4.69, 9.17) is 11.5 Å². The number of hydrogen-bond acceptors (Lipinski definition) is 4. The molecule has 0 bridgehead atoms. The molecular weight excluding hydrogens is 222 g/mol. The lowest BCUT2D eigenvalue weighted by Gasteiger charge is -2.07. The summed E-state index contributed by atoms with van der Waals surface area (Å²) in [5.41, 5.74) is 14.2. The van der Waals surface area contributed by atoms with Gasteiger partial charge >= 0.3 is 0 Å². The molecule has 0 spiro atoms. The highest BCUT2D eigenvalue weighted by molar-refractivity contribution is 5.78. The quantitative estimate of drug-likeness (QED) is 0.564. The molecular formula is C11H15N3O3. The van der Waals surface area contributed by atoms with Gasteiger partial charge in [-0.25, -0.2) is 5.48 Å². The second-order valence-electron chi connectivity index (χ2n) is 3.43. The average molecular weight is 237 g/mol. The smallest absolute Gasteiger partial charge is 0.247 e. The van der Waals surface area contributed by atoms with Gasteiger partial charge in [0, 0.05) is 6.54 Å². The molecule has 2 amide bonds. The van der Waals surface area contributed by atoms with Crippen molar-refractivity contribution in [2.24, 2.45) is 11.5 Å². The second kappa shape index (κ2) is 6.62. The minimum Gasteiger partial charge on any atom is -0.368 e. The number of benzene rings is 1. The van der Waals surface area contributed by atoms with Crippen LogP contribution in [0.25, 0.3) is 0 Å². The lowest BCUT2D eigenvalue weighted by molar-refractivity contribution is -0.137. The molecule has 1 rings (SSSR count). The Hall–Kier alpha value is -1.92. The molecule has 92 valence electrons. The van der Waals surface area contributed by atoms with Crippen molar-refractivity contribution in [3.05, 3.63) is 35.4 Å². The van der Waals surface area contributed by atoms with Crippen LogP contribution in [-0.2, 0) is 27.4 Å². The lowest BCUT2D eigenvalue weighted by Crippen LogP contribution is -2.30. The summed E-state index contributed by atoms with van der Waals surface area (Å²) in [6.07, 6.45) is 0.145. The van der Waals surface area contributed by atoms with E-state index in [9.17, 15) is 9.59 Å². The summed E-state index contributed by atoms with van der Waals surface area (Å²) in [6.45, 7) is 0.0237. The molecule has 1 aromatic rings. The zero-order valence-corrected chi connectivity index (χ0v) is 9.31. The molecule has 1 aromatic carbocycles. The highest BCUT2D eigenvalue weighted by atomic mass is 16.7. The Labute approximate surface area is 98.9 Å². The zero-order chi connectivity index (χ0) is 12.7. The molecule has 6 nitrogen and oxygen atoms in total. The second-order valence-corrected chi connectivity index (χ2v) is 3.43. The first-order chi connectivity index (χ1) is 8.13. The molecule has 0 aromatic heterocycles. The van der Waals surface area contributed by atoms with Crippen LogP contribution in [-0.4, -0.2) is 18.4 Å². The summed E-state index contributed by atoms with van der Waals surface area (Å²) >= 11 is 0. The predicted molar refractivity (Wildman–Crippen MR) is 61.3 cm³/mol. The van der Waals surface area contributed by atoms with E-state index in [1.807, 2.05) is 24.3 Å². The SMILES string of the molecule is NCc1ccccc1CC(=O)NOCC(N)=O. The maximum Gasteiger partial charge on any atom is 0.247 e. The molecule has 0 aliphatic rings. The van der Waals surface area contributed by atoms with E-state index >= 15 is 0 Å². The van der Waals surface area contributed by atoms with Crippen molar-refractivity contribution in [3.63, 3.8) is 0 Å². The number of nitrogens with one attached hydrogen (secondary N) is 1. The van der Waals surface area contributed by atoms with Crippen molar-refractivity contribution in [3.8, 4) is 0 Å². The Morgan fingerprint density at radius 1 is 1.24 bits per heavy atom. The Morgan fingerprint density at radius 3 is 2.47 bits per heavy atom. The first-order valence-corrected chi connectivity index (χ1v) is 5.09. The van der Waals surface area contributed by atoms with Gasteiger partial charge in [-0.05, 0) is 11.1 Å². The van der Waals surface area contributed by atoms with Gasteiger partial charge in [0.1, 0.15) is 0 Å². The minimum atomic E-state index is -0.646. The molecule has 0 atom stereocenters. The van der Waals surface area contributed by atoms with Gasteiger partial charge in [-0.2, -0.15) is 0 Å². The fourth-order valence-electron chi connectivity index (χ4n) is 1.33. The van der Waals surface area contributed by atoms with E-state index in [0.29, 0.717) is 6.54 Å². The van der Waals surface area contributed by atoms with Crippen LogP contribution in [0.4, 0.5) is 0 Å². The number of primary amides is 1. The molecule has 0 aliphatic carbocycles. The van der Waals surface area contributed by atoms with Gasteiger partial charge in [0.25, 0.3) is 0 Å². The van der Waals surface area contributed by atoms with Crippen molar-refractivity contribution >= 4 is 11.8 Å². The largest absolute Gasteiger partial charge is 0.368 e. The summed E-state index contributed by atoms with van der Waals surface area (Å²) in [5.74, 6) is -1.00. The summed E-state index contributed by atoms with van der Waals surface area (Å²) in [5, 5.41) is 0. The molecule has 5 N–H and O–H groups in total. The number of nitrogens with two attached hydrogens (primary N) is 2. The van der Waals surface area contributed by atoms with E-state index in [-0.39, 0.29) is 18.9 Å². The van der Waals surface area contributed by atoms with Gasteiger partial charge in [0.2, 0.25) is 11.8 Å². The van der Waals surface area contributed by atoms with Crippen LogP contribution in [0.1, 0.15) is 11.1 Å². The van der Waals surface area contributed by atoms with Crippen LogP contribution in [0.15, 0.2) is 24.3 Å². The molecule has 0 radical (unpaired) electrons. The number of amides is 2. The normalized spacial score (nSPS) is 9.94. The number of carbonyl (C=O) groups excluding carboxylic acids is 2. The molecule has 0 fully saturated rings. The van der Waals surface area contributed by atoms with E-state index < -0.39 is 5.91 Å². The minimum absolute atomic E-state index is 0.145. The van der Waals surface area contributed by atoms with E-state index in [1.54, 1.807) is 0 Å². The fraction of sp³-hybridized carbons (Fsp3) is 0.273. The van der Waals surface area contributed by atoms with E-state index in [0.717, 1.165) is 11.1 Å². The number of carbonyl (C=O) groups is 2. The number of rotatable bonds is 6. The third kappa shape index (κ3) is 4.62. The molecule has 0 unspecified atom stereocenters. The molecule has 0 aliphatic heterocycles. The van der Waals surface area contributed by atoms with Crippen LogP contribution in [0.5, 0.6) is 0 Å². The maximum absolute atomic E-state index is 11.4. The highest BCUT2D eigenvalue weighted by Crippen LogP contribution is 2.08. The van der Waals surface area contributed by atoms with Crippen LogP contribution in [0.2, 0.25) is 0 Å². The highest BCUT2D eigenvalue weighted by Gasteiger charge is 2.07. The first-order valence-electron chi connectivity index (χ1n) is 5.09. The predicted octanol–water partition coefficient (Wildman–Crippen LogP) is -0.779. The monoisotopic (exact) mass is 237 g/mol. The Morgan fingerprint density at radius 2 is 1.88 bits per heavy atom. The third-order valence-electron chi connectivity index (χ3n) is 2.09. The van der Waals surface area contributed by atoms with Gasteiger partial charge in [-0.1, -0.05) is 24.3 Å². The van der Waals surface area contributed by atoms with Gasteiger partial charge in [-0.15, -0.1) is 0 Å².